The molecule has 0 spiro atoms. The molecule has 1 aromatic carbocycles. The number of hydrogen-bond donors (Lipinski definition) is 2. The van der Waals surface area contributed by atoms with Gasteiger partial charge in [0.15, 0.2) is 0 Å². The number of nitrogens with one attached hydrogen (secondary N) is 2. The number of carbonyl (C=O) groups excluding carboxylic acids is 1. The van der Waals surface area contributed by atoms with Crippen molar-refractivity contribution in [2.75, 3.05) is 20.6 Å². The molecule has 0 heterocycles. The van der Waals surface area contributed by atoms with Crippen LogP contribution < -0.4 is 10.6 Å². The van der Waals surface area contributed by atoms with E-state index in [1.54, 1.807) is 0 Å². The second-order valence-electron chi connectivity index (χ2n) is 5.52. The Morgan fingerprint density at radius 2 is 1.95 bits per heavy atom. The third-order valence-corrected chi connectivity index (χ3v) is 3.45. The molecule has 0 aliphatic heterocycles. The van der Waals surface area contributed by atoms with Gasteiger partial charge in [0.1, 0.15) is 0 Å². The van der Waals surface area contributed by atoms with E-state index in [1.807, 2.05) is 14.1 Å². The fourth-order valence-corrected chi connectivity index (χ4v) is 2.04. The zero-order valence-corrected chi connectivity index (χ0v) is 11.9. The molecule has 4 nitrogen and oxygen atoms in total. The maximum absolute atomic E-state index is 11.7. The molecule has 0 aromatic heterocycles. The number of carbonyl (C=O) groups is 1. The number of amides is 2. The Bertz CT molecular complexity index is 424. The van der Waals surface area contributed by atoms with E-state index in [-0.39, 0.29) is 12.1 Å². The van der Waals surface area contributed by atoms with Gasteiger partial charge in [-0.2, -0.15) is 0 Å². The summed E-state index contributed by atoms with van der Waals surface area (Å²) in [4.78, 5) is 13.8. The maximum Gasteiger partial charge on any atom is 0.315 e. The van der Waals surface area contributed by atoms with Gasteiger partial charge in [0.25, 0.3) is 0 Å². The number of urea groups is 1. The summed E-state index contributed by atoms with van der Waals surface area (Å²) < 4.78 is 0. The lowest BCUT2D eigenvalue weighted by atomic mass is 10.0. The Hall–Kier alpha value is -1.55. The molecule has 0 radical (unpaired) electrons. The number of rotatable bonds is 5. The molecule has 1 aliphatic rings. The first-order valence-corrected chi connectivity index (χ1v) is 6.83. The van der Waals surface area contributed by atoms with Crippen molar-refractivity contribution >= 4 is 6.03 Å². The Morgan fingerprint density at radius 1 is 1.32 bits per heavy atom. The van der Waals surface area contributed by atoms with Crippen LogP contribution >= 0.6 is 0 Å². The number of aryl methyl sites for hydroxylation is 1. The quantitative estimate of drug-likeness (QED) is 0.852. The van der Waals surface area contributed by atoms with Gasteiger partial charge in [-0.25, -0.2) is 4.79 Å². The highest BCUT2D eigenvalue weighted by Gasteiger charge is 2.23. The summed E-state index contributed by atoms with van der Waals surface area (Å²) in [6, 6.07) is 9.01. The molecule has 4 heteroatoms. The Morgan fingerprint density at radius 3 is 2.47 bits per heavy atom. The van der Waals surface area contributed by atoms with Crippen molar-refractivity contribution in [3.05, 3.63) is 35.4 Å². The minimum Gasteiger partial charge on any atom is -0.336 e. The highest BCUT2D eigenvalue weighted by Crippen LogP contribution is 2.19. The van der Waals surface area contributed by atoms with Gasteiger partial charge in [-0.15, -0.1) is 0 Å². The lowest BCUT2D eigenvalue weighted by Crippen LogP contribution is -2.41. The smallest absolute Gasteiger partial charge is 0.315 e. The number of benzene rings is 1. The SMILES string of the molecule is Cc1ccc([C@H](CNC(=O)NC2CC2)N(C)C)cc1. The van der Waals surface area contributed by atoms with Crippen molar-refractivity contribution in [1.29, 1.82) is 0 Å². The van der Waals surface area contributed by atoms with E-state index >= 15 is 0 Å². The van der Waals surface area contributed by atoms with E-state index in [0.29, 0.717) is 12.6 Å². The highest BCUT2D eigenvalue weighted by atomic mass is 16.2. The summed E-state index contributed by atoms with van der Waals surface area (Å²) in [6.45, 7) is 2.70. The molecule has 1 fully saturated rings. The van der Waals surface area contributed by atoms with E-state index in [0.717, 1.165) is 12.8 Å². The highest BCUT2D eigenvalue weighted by molar-refractivity contribution is 5.74. The van der Waals surface area contributed by atoms with Crippen molar-refractivity contribution in [2.45, 2.75) is 31.8 Å². The lowest BCUT2D eigenvalue weighted by Gasteiger charge is -2.25. The zero-order chi connectivity index (χ0) is 13.8. The second kappa shape index (κ2) is 6.06. The summed E-state index contributed by atoms with van der Waals surface area (Å²) in [5.74, 6) is 0. The number of hydrogen-bond acceptors (Lipinski definition) is 2. The fraction of sp³-hybridized carbons (Fsp3) is 0.533. The van der Waals surface area contributed by atoms with Gasteiger partial charge in [0, 0.05) is 12.6 Å². The molecule has 104 valence electrons. The Balaban J connectivity index is 1.91. The average Bonchev–Trinajstić information content (AvgIpc) is 3.15. The predicted molar refractivity (Wildman–Crippen MR) is 77.2 cm³/mol. The van der Waals surface area contributed by atoms with Crippen LogP contribution in [0.25, 0.3) is 0 Å². The van der Waals surface area contributed by atoms with E-state index in [9.17, 15) is 4.79 Å². The molecule has 0 saturated heterocycles. The Labute approximate surface area is 115 Å². The van der Waals surface area contributed by atoms with E-state index in [4.69, 9.17) is 0 Å². The van der Waals surface area contributed by atoms with Crippen LogP contribution in [-0.4, -0.2) is 37.6 Å². The second-order valence-corrected chi connectivity index (χ2v) is 5.52. The Kier molecular flexibility index (Phi) is 4.43. The van der Waals surface area contributed by atoms with Crippen molar-refractivity contribution in [2.24, 2.45) is 0 Å². The third kappa shape index (κ3) is 4.24. The molecule has 0 unspecified atom stereocenters. The van der Waals surface area contributed by atoms with Gasteiger partial charge in [-0.05, 0) is 39.4 Å². The zero-order valence-electron chi connectivity index (χ0n) is 11.9. The molecule has 1 saturated carbocycles. The van der Waals surface area contributed by atoms with Crippen LogP contribution in [0, 0.1) is 6.92 Å². The van der Waals surface area contributed by atoms with Gasteiger partial charge < -0.3 is 15.5 Å². The standard InChI is InChI=1S/C15H23N3O/c1-11-4-6-12(7-5-11)14(18(2)3)10-16-15(19)17-13-8-9-13/h4-7,13-14H,8-10H2,1-3H3,(H2,16,17,19)/t14-/m0/s1. The topological polar surface area (TPSA) is 44.4 Å². The molecular formula is C15H23N3O. The van der Waals surface area contributed by atoms with Gasteiger partial charge in [0.05, 0.1) is 6.04 Å². The number of nitrogens with zero attached hydrogens (tertiary/aromatic N) is 1. The molecule has 0 bridgehead atoms. The van der Waals surface area contributed by atoms with Crippen molar-refractivity contribution in [1.82, 2.24) is 15.5 Å². The lowest BCUT2D eigenvalue weighted by molar-refractivity contribution is 0.232. The van der Waals surface area contributed by atoms with Crippen LogP contribution in [0.2, 0.25) is 0 Å². The van der Waals surface area contributed by atoms with Gasteiger partial charge in [0.2, 0.25) is 0 Å². The summed E-state index contributed by atoms with van der Waals surface area (Å²) in [6.07, 6.45) is 2.23. The minimum atomic E-state index is -0.0542. The van der Waals surface area contributed by atoms with Crippen molar-refractivity contribution in [3.63, 3.8) is 0 Å². The maximum atomic E-state index is 11.7. The monoisotopic (exact) mass is 261 g/mol. The fourth-order valence-electron chi connectivity index (χ4n) is 2.04. The van der Waals surface area contributed by atoms with Gasteiger partial charge >= 0.3 is 6.03 Å². The molecule has 2 N–H and O–H groups in total. The van der Waals surface area contributed by atoms with Crippen LogP contribution in [0.1, 0.15) is 30.0 Å². The predicted octanol–water partition coefficient (Wildman–Crippen LogP) is 2.06. The summed E-state index contributed by atoms with van der Waals surface area (Å²) >= 11 is 0. The van der Waals surface area contributed by atoms with Crippen LogP contribution in [0.5, 0.6) is 0 Å². The first kappa shape index (κ1) is 13.9. The molecule has 1 atom stereocenters. The van der Waals surface area contributed by atoms with Crippen molar-refractivity contribution in [3.8, 4) is 0 Å². The third-order valence-electron chi connectivity index (χ3n) is 3.45. The summed E-state index contributed by atoms with van der Waals surface area (Å²) in [7, 11) is 4.07. The normalized spacial score (nSPS) is 16.2. The van der Waals surface area contributed by atoms with Gasteiger partial charge in [-0.1, -0.05) is 29.8 Å². The van der Waals surface area contributed by atoms with Gasteiger partial charge in [-0.3, -0.25) is 0 Å². The van der Waals surface area contributed by atoms with E-state index < -0.39 is 0 Å². The molecule has 1 aromatic rings. The molecule has 2 amide bonds. The first-order chi connectivity index (χ1) is 9.06. The van der Waals surface area contributed by atoms with Crippen LogP contribution in [0.3, 0.4) is 0 Å². The molecule has 1 aliphatic carbocycles. The summed E-state index contributed by atoms with van der Waals surface area (Å²) in [5.41, 5.74) is 2.48. The molecular weight excluding hydrogens is 238 g/mol. The van der Waals surface area contributed by atoms with E-state index in [1.165, 1.54) is 11.1 Å². The van der Waals surface area contributed by atoms with E-state index in [2.05, 4.69) is 46.7 Å². The average molecular weight is 261 g/mol. The number of likely N-dealkylation sites (N-methyl/N-ethyl adjacent to an activating group) is 1. The van der Waals surface area contributed by atoms with Crippen LogP contribution in [0.15, 0.2) is 24.3 Å². The first-order valence-electron chi connectivity index (χ1n) is 6.83. The van der Waals surface area contributed by atoms with Crippen molar-refractivity contribution < 1.29 is 4.79 Å². The van der Waals surface area contributed by atoms with Crippen LogP contribution in [0.4, 0.5) is 4.79 Å². The van der Waals surface area contributed by atoms with Crippen LogP contribution in [-0.2, 0) is 0 Å². The molecule has 2 rings (SSSR count). The summed E-state index contributed by atoms with van der Waals surface area (Å²) in [5, 5.41) is 5.90. The minimum absolute atomic E-state index is 0.0542. The largest absolute Gasteiger partial charge is 0.336 e. The molecule has 19 heavy (non-hydrogen) atoms.